The normalized spacial score (nSPS) is 49.1. The van der Waals surface area contributed by atoms with Crippen LogP contribution < -0.4 is 5.73 Å². The van der Waals surface area contributed by atoms with E-state index in [-0.39, 0.29) is 18.1 Å². The highest BCUT2D eigenvalue weighted by atomic mass is 16.5. The number of hydrogen-bond donors (Lipinski definition) is 2. The molecular weight excluding hydrogens is 129 g/mol. The van der Waals surface area contributed by atoms with Gasteiger partial charge in [-0.15, -0.1) is 0 Å². The Morgan fingerprint density at radius 1 is 1.70 bits per heavy atom. The molecule has 58 valence electrons. The van der Waals surface area contributed by atoms with E-state index in [2.05, 4.69) is 0 Å². The molecule has 10 heavy (non-hydrogen) atoms. The standard InChI is InChI=1S/C6H14BNO2/c1-3-6(9)4(8)2-5(7)10-3/h3-6,9H,2,7-8H2,1H3. The van der Waals surface area contributed by atoms with Gasteiger partial charge in [-0.05, 0) is 13.3 Å². The van der Waals surface area contributed by atoms with Crippen LogP contribution in [0.15, 0.2) is 0 Å². The topological polar surface area (TPSA) is 55.5 Å². The number of aliphatic hydroxyl groups excluding tert-OH is 1. The van der Waals surface area contributed by atoms with Crippen LogP contribution in [0.2, 0.25) is 0 Å². The number of nitrogens with two attached hydrogens (primary N) is 1. The summed E-state index contributed by atoms with van der Waals surface area (Å²) in [4.78, 5) is 0. The molecule has 0 aliphatic carbocycles. The lowest BCUT2D eigenvalue weighted by Gasteiger charge is -2.34. The van der Waals surface area contributed by atoms with Crippen molar-refractivity contribution in [3.8, 4) is 0 Å². The molecule has 1 saturated heterocycles. The third-order valence-corrected chi connectivity index (χ3v) is 1.97. The zero-order chi connectivity index (χ0) is 7.72. The molecule has 0 aromatic heterocycles. The Labute approximate surface area is 62.0 Å². The van der Waals surface area contributed by atoms with Gasteiger partial charge in [0.2, 0.25) is 0 Å². The zero-order valence-corrected chi connectivity index (χ0v) is 6.45. The van der Waals surface area contributed by atoms with Crippen molar-refractivity contribution in [1.29, 1.82) is 0 Å². The fraction of sp³-hybridized carbons (Fsp3) is 1.00. The lowest BCUT2D eigenvalue weighted by molar-refractivity contribution is -0.0896. The first-order valence-corrected chi connectivity index (χ1v) is 3.70. The van der Waals surface area contributed by atoms with Crippen molar-refractivity contribution in [2.45, 2.75) is 37.6 Å². The van der Waals surface area contributed by atoms with Gasteiger partial charge in [-0.2, -0.15) is 0 Å². The van der Waals surface area contributed by atoms with Gasteiger partial charge in [-0.3, -0.25) is 0 Å². The van der Waals surface area contributed by atoms with Crippen LogP contribution in [0, 0.1) is 0 Å². The molecule has 1 aliphatic rings. The monoisotopic (exact) mass is 143 g/mol. The Hall–Kier alpha value is -0.0551. The van der Waals surface area contributed by atoms with Gasteiger partial charge in [0.1, 0.15) is 7.85 Å². The van der Waals surface area contributed by atoms with Crippen molar-refractivity contribution in [3.05, 3.63) is 0 Å². The molecule has 3 N–H and O–H groups in total. The molecule has 4 heteroatoms. The van der Waals surface area contributed by atoms with E-state index >= 15 is 0 Å². The summed E-state index contributed by atoms with van der Waals surface area (Å²) in [6.07, 6.45) is 0.154. The highest BCUT2D eigenvalue weighted by molar-refractivity contribution is 6.11. The molecule has 1 fully saturated rings. The van der Waals surface area contributed by atoms with E-state index in [0.717, 1.165) is 6.42 Å². The SMILES string of the molecule is BC1CC(N)C(O)C(C)O1. The largest absolute Gasteiger partial charge is 0.389 e. The van der Waals surface area contributed by atoms with Crippen LogP contribution in [0.3, 0.4) is 0 Å². The Bertz CT molecular complexity index is 110. The lowest BCUT2D eigenvalue weighted by atomic mass is 9.87. The van der Waals surface area contributed by atoms with E-state index in [9.17, 15) is 5.11 Å². The molecule has 3 nitrogen and oxygen atoms in total. The molecule has 1 aliphatic heterocycles. The van der Waals surface area contributed by atoms with Crippen molar-refractivity contribution in [2.75, 3.05) is 0 Å². The lowest BCUT2D eigenvalue weighted by Crippen LogP contribution is -2.51. The summed E-state index contributed by atoms with van der Waals surface area (Å²) < 4.78 is 5.34. The molecule has 0 amide bonds. The van der Waals surface area contributed by atoms with Crippen molar-refractivity contribution >= 4 is 7.85 Å². The van der Waals surface area contributed by atoms with Crippen molar-refractivity contribution in [1.82, 2.24) is 0 Å². The van der Waals surface area contributed by atoms with E-state index in [4.69, 9.17) is 10.5 Å². The van der Waals surface area contributed by atoms with Gasteiger partial charge in [0.15, 0.2) is 0 Å². The molecule has 4 unspecified atom stereocenters. The third kappa shape index (κ3) is 1.51. The molecule has 0 aromatic rings. The minimum absolute atomic E-state index is 0.112. The second kappa shape index (κ2) is 2.90. The minimum atomic E-state index is -0.490. The smallest absolute Gasteiger partial charge is 0.139 e. The Balaban J connectivity index is 2.49. The van der Waals surface area contributed by atoms with Crippen LogP contribution in [0.25, 0.3) is 0 Å². The summed E-state index contributed by atoms with van der Waals surface area (Å²) in [5.74, 6) is 0. The highest BCUT2D eigenvalue weighted by Crippen LogP contribution is 2.16. The van der Waals surface area contributed by atoms with E-state index in [1.165, 1.54) is 0 Å². The third-order valence-electron chi connectivity index (χ3n) is 1.97. The molecular formula is C6H14BNO2. The second-order valence-electron chi connectivity index (χ2n) is 3.04. The summed E-state index contributed by atoms with van der Waals surface area (Å²) in [6, 6.07) is 0.0761. The maximum Gasteiger partial charge on any atom is 0.139 e. The number of rotatable bonds is 0. The first-order valence-electron chi connectivity index (χ1n) is 3.70. The van der Waals surface area contributed by atoms with Crippen LogP contribution >= 0.6 is 0 Å². The van der Waals surface area contributed by atoms with Crippen LogP contribution in [0.4, 0.5) is 0 Å². The van der Waals surface area contributed by atoms with Crippen LogP contribution in [-0.4, -0.2) is 37.2 Å². The molecule has 0 bridgehead atoms. The summed E-state index contributed by atoms with van der Waals surface area (Å²) in [5.41, 5.74) is 5.63. The summed E-state index contributed by atoms with van der Waals surface area (Å²) >= 11 is 0. The van der Waals surface area contributed by atoms with Crippen LogP contribution in [0.1, 0.15) is 13.3 Å². The van der Waals surface area contributed by atoms with Crippen molar-refractivity contribution in [2.24, 2.45) is 5.73 Å². The quantitative estimate of drug-likeness (QED) is 0.403. The van der Waals surface area contributed by atoms with Gasteiger partial charge >= 0.3 is 0 Å². The van der Waals surface area contributed by atoms with Crippen molar-refractivity contribution < 1.29 is 9.84 Å². The van der Waals surface area contributed by atoms with Gasteiger partial charge in [-0.1, -0.05) is 0 Å². The molecule has 0 aromatic carbocycles. The maximum absolute atomic E-state index is 9.31. The fourth-order valence-corrected chi connectivity index (χ4v) is 1.37. The van der Waals surface area contributed by atoms with E-state index in [0.29, 0.717) is 0 Å². The molecule has 1 heterocycles. The van der Waals surface area contributed by atoms with E-state index < -0.39 is 6.10 Å². The van der Waals surface area contributed by atoms with E-state index in [1.807, 2.05) is 14.8 Å². The molecule has 0 saturated carbocycles. The first kappa shape index (κ1) is 8.05. The predicted molar refractivity (Wildman–Crippen MR) is 41.5 cm³/mol. The van der Waals surface area contributed by atoms with Gasteiger partial charge in [0.05, 0.1) is 12.2 Å². The molecule has 0 radical (unpaired) electrons. The predicted octanol–water partition coefficient (Wildman–Crippen LogP) is -1.56. The molecule has 0 spiro atoms. The van der Waals surface area contributed by atoms with Gasteiger partial charge in [-0.25, -0.2) is 0 Å². The first-order chi connectivity index (χ1) is 4.61. The average molecular weight is 143 g/mol. The van der Waals surface area contributed by atoms with Crippen molar-refractivity contribution in [3.63, 3.8) is 0 Å². The van der Waals surface area contributed by atoms with Gasteiger partial charge in [0, 0.05) is 12.0 Å². The maximum atomic E-state index is 9.31. The molecule has 4 atom stereocenters. The number of hydrogen-bond acceptors (Lipinski definition) is 3. The highest BCUT2D eigenvalue weighted by Gasteiger charge is 2.30. The number of ether oxygens (including phenoxy) is 1. The van der Waals surface area contributed by atoms with Gasteiger partial charge < -0.3 is 15.6 Å². The Kier molecular flexibility index (Phi) is 2.34. The molecule has 1 rings (SSSR count). The fourth-order valence-electron chi connectivity index (χ4n) is 1.37. The average Bonchev–Trinajstić information content (AvgIpc) is 1.82. The summed E-state index contributed by atoms with van der Waals surface area (Å²) in [5, 5.41) is 9.31. The summed E-state index contributed by atoms with van der Waals surface area (Å²) in [6.45, 7) is 1.85. The minimum Gasteiger partial charge on any atom is -0.389 e. The Morgan fingerprint density at radius 3 is 2.80 bits per heavy atom. The second-order valence-corrected chi connectivity index (χ2v) is 3.04. The van der Waals surface area contributed by atoms with Crippen LogP contribution in [0.5, 0.6) is 0 Å². The van der Waals surface area contributed by atoms with E-state index in [1.54, 1.807) is 0 Å². The van der Waals surface area contributed by atoms with Gasteiger partial charge in [0.25, 0.3) is 0 Å². The Morgan fingerprint density at radius 2 is 2.30 bits per heavy atom. The number of aliphatic hydroxyl groups is 1. The van der Waals surface area contributed by atoms with Crippen LogP contribution in [-0.2, 0) is 4.74 Å². The summed E-state index contributed by atoms with van der Waals surface area (Å²) in [7, 11) is 1.97. The zero-order valence-electron chi connectivity index (χ0n) is 6.45.